The third-order valence-corrected chi connectivity index (χ3v) is 5.13. The number of urea groups is 1. The van der Waals surface area contributed by atoms with Crippen LogP contribution in [0.25, 0.3) is 0 Å². The quantitative estimate of drug-likeness (QED) is 0.307. The van der Waals surface area contributed by atoms with Crippen molar-refractivity contribution in [2.45, 2.75) is 36.5 Å². The van der Waals surface area contributed by atoms with E-state index in [9.17, 15) is 4.79 Å². The molecule has 1 heterocycles. The zero-order chi connectivity index (χ0) is 13.2. The maximum absolute atomic E-state index is 11.9. The molecule has 2 fully saturated rings. The molecule has 1 saturated carbocycles. The van der Waals surface area contributed by atoms with E-state index in [-0.39, 0.29) is 16.6 Å². The number of carbonyl (C=O) groups is 1. The minimum Gasteiger partial charge on any atom is -0.409 e. The molecule has 4 N–H and O–H groups in total. The predicted molar refractivity (Wildman–Crippen MR) is 72.0 cm³/mol. The summed E-state index contributed by atoms with van der Waals surface area (Å²) in [6, 6.07) is 0.403. The lowest BCUT2D eigenvalue weighted by Gasteiger charge is -2.39. The maximum Gasteiger partial charge on any atom is 0.317 e. The molecule has 1 aliphatic heterocycles. The Kier molecular flexibility index (Phi) is 3.89. The third kappa shape index (κ3) is 2.66. The standard InChI is InChI=1S/C11H20N4O2S/c1-18-11(9(12)14-17)4-6-15(7-5-11)10(16)13-8-2-3-8/h8,17H,2-7H2,1H3,(H2,12,14)(H,13,16). The number of piperidine rings is 1. The number of amides is 2. The summed E-state index contributed by atoms with van der Waals surface area (Å²) in [5.74, 6) is 0.261. The van der Waals surface area contributed by atoms with Gasteiger partial charge in [0.2, 0.25) is 0 Å². The van der Waals surface area contributed by atoms with Gasteiger partial charge in [0.05, 0.1) is 4.75 Å². The minimum atomic E-state index is -0.328. The number of hydrogen-bond donors (Lipinski definition) is 3. The van der Waals surface area contributed by atoms with Crippen molar-refractivity contribution in [1.29, 1.82) is 0 Å². The summed E-state index contributed by atoms with van der Waals surface area (Å²) < 4.78 is -0.328. The lowest BCUT2D eigenvalue weighted by molar-refractivity contribution is 0.183. The summed E-state index contributed by atoms with van der Waals surface area (Å²) in [6.45, 7) is 1.30. The molecular formula is C11H20N4O2S. The summed E-state index contributed by atoms with van der Waals surface area (Å²) in [7, 11) is 0. The van der Waals surface area contributed by atoms with Crippen molar-refractivity contribution in [3.63, 3.8) is 0 Å². The zero-order valence-corrected chi connectivity index (χ0v) is 11.4. The van der Waals surface area contributed by atoms with Crippen LogP contribution in [0.2, 0.25) is 0 Å². The Morgan fingerprint density at radius 2 is 2.11 bits per heavy atom. The number of thioether (sulfide) groups is 1. The van der Waals surface area contributed by atoms with Crippen LogP contribution in [0, 0.1) is 0 Å². The Morgan fingerprint density at radius 1 is 1.50 bits per heavy atom. The zero-order valence-electron chi connectivity index (χ0n) is 10.6. The van der Waals surface area contributed by atoms with Gasteiger partial charge in [-0.15, -0.1) is 0 Å². The molecule has 2 rings (SSSR count). The minimum absolute atomic E-state index is 0.0201. The second-order valence-corrected chi connectivity index (χ2v) is 6.08. The van der Waals surface area contributed by atoms with Crippen molar-refractivity contribution in [3.8, 4) is 0 Å². The molecule has 0 radical (unpaired) electrons. The molecule has 2 aliphatic rings. The highest BCUT2D eigenvalue weighted by Gasteiger charge is 2.39. The SMILES string of the molecule is CSC1(C(N)=NO)CCN(C(=O)NC2CC2)CC1. The van der Waals surface area contributed by atoms with Gasteiger partial charge in [-0.1, -0.05) is 5.16 Å². The molecule has 0 spiro atoms. The van der Waals surface area contributed by atoms with Gasteiger partial charge in [0.15, 0.2) is 5.84 Å². The molecule has 2 amide bonds. The van der Waals surface area contributed by atoms with Gasteiger partial charge < -0.3 is 21.2 Å². The summed E-state index contributed by atoms with van der Waals surface area (Å²) >= 11 is 1.59. The van der Waals surface area contributed by atoms with Gasteiger partial charge >= 0.3 is 6.03 Å². The molecule has 102 valence electrons. The van der Waals surface area contributed by atoms with E-state index >= 15 is 0 Å². The molecule has 0 aromatic rings. The van der Waals surface area contributed by atoms with Gasteiger partial charge in [-0.2, -0.15) is 11.8 Å². The topological polar surface area (TPSA) is 91.0 Å². The summed E-state index contributed by atoms with van der Waals surface area (Å²) in [6.07, 6.45) is 5.60. The largest absolute Gasteiger partial charge is 0.409 e. The summed E-state index contributed by atoms with van der Waals surface area (Å²) in [5, 5.41) is 15.0. The Morgan fingerprint density at radius 3 is 2.56 bits per heavy atom. The van der Waals surface area contributed by atoms with Gasteiger partial charge in [0.25, 0.3) is 0 Å². The molecule has 0 unspecified atom stereocenters. The fourth-order valence-corrected chi connectivity index (χ4v) is 3.06. The van der Waals surface area contributed by atoms with E-state index in [1.807, 2.05) is 11.2 Å². The number of amidine groups is 1. The Hall–Kier alpha value is -1.11. The van der Waals surface area contributed by atoms with Crippen LogP contribution < -0.4 is 11.1 Å². The number of likely N-dealkylation sites (tertiary alicyclic amines) is 1. The van der Waals surface area contributed by atoms with E-state index in [1.165, 1.54) is 0 Å². The number of carbonyl (C=O) groups excluding carboxylic acids is 1. The van der Waals surface area contributed by atoms with Crippen LogP contribution in [0.15, 0.2) is 5.16 Å². The second-order valence-electron chi connectivity index (χ2n) is 4.89. The van der Waals surface area contributed by atoms with Crippen molar-refractivity contribution in [3.05, 3.63) is 0 Å². The number of nitrogens with one attached hydrogen (secondary N) is 1. The van der Waals surface area contributed by atoms with E-state index in [2.05, 4.69) is 10.5 Å². The Labute approximate surface area is 111 Å². The molecule has 7 heteroatoms. The molecule has 18 heavy (non-hydrogen) atoms. The fraction of sp³-hybridized carbons (Fsp3) is 0.818. The van der Waals surface area contributed by atoms with Crippen molar-refractivity contribution in [2.24, 2.45) is 10.9 Å². The lowest BCUT2D eigenvalue weighted by atomic mass is 9.94. The molecule has 1 saturated heterocycles. The molecular weight excluding hydrogens is 252 g/mol. The number of nitrogens with zero attached hydrogens (tertiary/aromatic N) is 2. The van der Waals surface area contributed by atoms with Crippen LogP contribution in [0.1, 0.15) is 25.7 Å². The smallest absolute Gasteiger partial charge is 0.317 e. The monoisotopic (exact) mass is 272 g/mol. The van der Waals surface area contributed by atoms with Gasteiger partial charge in [-0.05, 0) is 31.9 Å². The molecule has 0 atom stereocenters. The number of nitrogens with two attached hydrogens (primary N) is 1. The highest BCUT2D eigenvalue weighted by Crippen LogP contribution is 2.35. The molecule has 0 aromatic carbocycles. The summed E-state index contributed by atoms with van der Waals surface area (Å²) in [4.78, 5) is 13.7. The maximum atomic E-state index is 11.9. The van der Waals surface area contributed by atoms with Crippen molar-refractivity contribution >= 4 is 23.6 Å². The first-order valence-electron chi connectivity index (χ1n) is 6.20. The first-order chi connectivity index (χ1) is 8.61. The number of oxime groups is 1. The predicted octanol–water partition coefficient (Wildman–Crippen LogP) is 0.802. The van der Waals surface area contributed by atoms with Crippen LogP contribution in [0.4, 0.5) is 4.79 Å². The third-order valence-electron chi connectivity index (χ3n) is 3.73. The first kappa shape index (κ1) is 13.3. The van der Waals surface area contributed by atoms with Crippen LogP contribution in [-0.2, 0) is 0 Å². The summed E-state index contributed by atoms with van der Waals surface area (Å²) in [5.41, 5.74) is 5.77. The van der Waals surface area contributed by atoms with Crippen LogP contribution in [0.3, 0.4) is 0 Å². The van der Waals surface area contributed by atoms with E-state index < -0.39 is 0 Å². The van der Waals surface area contributed by atoms with Crippen molar-refractivity contribution in [2.75, 3.05) is 19.3 Å². The van der Waals surface area contributed by atoms with Crippen molar-refractivity contribution < 1.29 is 10.0 Å². The molecule has 6 nitrogen and oxygen atoms in total. The molecule has 0 bridgehead atoms. The Bertz CT molecular complexity index is 349. The van der Waals surface area contributed by atoms with E-state index in [1.54, 1.807) is 11.8 Å². The number of rotatable bonds is 3. The van der Waals surface area contributed by atoms with Crippen LogP contribution in [-0.4, -0.2) is 52.1 Å². The number of hydrogen-bond acceptors (Lipinski definition) is 4. The average Bonchev–Trinajstić information content (AvgIpc) is 3.21. The van der Waals surface area contributed by atoms with E-state index in [0.717, 1.165) is 25.7 Å². The Balaban J connectivity index is 1.91. The first-order valence-corrected chi connectivity index (χ1v) is 7.42. The highest BCUT2D eigenvalue weighted by atomic mass is 32.2. The van der Waals surface area contributed by atoms with E-state index in [0.29, 0.717) is 19.1 Å². The van der Waals surface area contributed by atoms with Crippen molar-refractivity contribution in [1.82, 2.24) is 10.2 Å². The normalized spacial score (nSPS) is 23.8. The lowest BCUT2D eigenvalue weighted by Crippen LogP contribution is -2.53. The molecule has 1 aliphatic carbocycles. The highest BCUT2D eigenvalue weighted by molar-refractivity contribution is 8.00. The second kappa shape index (κ2) is 5.26. The van der Waals surface area contributed by atoms with Crippen LogP contribution >= 0.6 is 11.8 Å². The average molecular weight is 272 g/mol. The van der Waals surface area contributed by atoms with E-state index in [4.69, 9.17) is 10.9 Å². The molecule has 0 aromatic heterocycles. The van der Waals surface area contributed by atoms with Gasteiger partial charge in [0, 0.05) is 19.1 Å². The van der Waals surface area contributed by atoms with Crippen LogP contribution in [0.5, 0.6) is 0 Å². The van der Waals surface area contributed by atoms with Gasteiger partial charge in [-0.3, -0.25) is 0 Å². The van der Waals surface area contributed by atoms with Gasteiger partial charge in [-0.25, -0.2) is 4.79 Å². The fourth-order valence-electron chi connectivity index (χ4n) is 2.22. The van der Waals surface area contributed by atoms with Gasteiger partial charge in [0.1, 0.15) is 0 Å².